The highest BCUT2D eigenvalue weighted by Gasteiger charge is 2.21. The number of nitrogens with two attached hydrogens (primary N) is 1. The number of amides is 1. The van der Waals surface area contributed by atoms with E-state index in [-0.39, 0.29) is 18.0 Å². The number of carbonyl (C=O) groups excluding carboxylic acids is 1. The number of hydrogen-bond donors (Lipinski definition) is 2. The van der Waals surface area contributed by atoms with Crippen molar-refractivity contribution in [2.45, 2.75) is 51.1 Å². The van der Waals surface area contributed by atoms with Crippen molar-refractivity contribution in [2.24, 2.45) is 5.73 Å². The second kappa shape index (κ2) is 5.66. The zero-order valence-corrected chi connectivity index (χ0v) is 8.68. The van der Waals surface area contributed by atoms with Crippen LogP contribution >= 0.6 is 0 Å². The molecular formula is C11H18N2O. The van der Waals surface area contributed by atoms with Gasteiger partial charge in [0.2, 0.25) is 0 Å². The van der Waals surface area contributed by atoms with Gasteiger partial charge in [0.15, 0.2) is 0 Å². The predicted molar refractivity (Wildman–Crippen MR) is 56.4 cm³/mol. The minimum absolute atomic E-state index is 0.0973. The number of rotatable bonds is 1. The van der Waals surface area contributed by atoms with Gasteiger partial charge in [0, 0.05) is 12.1 Å². The fourth-order valence-electron chi connectivity index (χ4n) is 1.83. The Hall–Kier alpha value is -1.01. The first-order valence-electron chi connectivity index (χ1n) is 5.23. The molecule has 78 valence electrons. The molecule has 1 aliphatic rings. The molecule has 1 amide bonds. The summed E-state index contributed by atoms with van der Waals surface area (Å²) in [4.78, 5) is 11.2. The Kier molecular flexibility index (Phi) is 4.48. The van der Waals surface area contributed by atoms with E-state index in [2.05, 4.69) is 17.2 Å². The van der Waals surface area contributed by atoms with Gasteiger partial charge in [-0.25, -0.2) is 0 Å². The van der Waals surface area contributed by atoms with Crippen LogP contribution < -0.4 is 11.1 Å². The van der Waals surface area contributed by atoms with E-state index in [4.69, 9.17) is 5.73 Å². The largest absolute Gasteiger partial charge is 0.341 e. The molecule has 0 aromatic carbocycles. The molecule has 3 nitrogen and oxygen atoms in total. The highest BCUT2D eigenvalue weighted by Crippen LogP contribution is 2.16. The Morgan fingerprint density at radius 1 is 1.36 bits per heavy atom. The standard InChI is InChI=1S/C11H18N2O/c1-2-6-11(14)13-10-8-5-3-4-7-9(10)12/h9-10H,3-5,7-8,12H2,1H3,(H,13,14). The highest BCUT2D eigenvalue weighted by atomic mass is 16.1. The third-order valence-corrected chi connectivity index (χ3v) is 2.62. The summed E-state index contributed by atoms with van der Waals surface area (Å²) in [6, 6.07) is 0.214. The first kappa shape index (κ1) is 11.1. The third-order valence-electron chi connectivity index (χ3n) is 2.62. The average molecular weight is 194 g/mol. The highest BCUT2D eigenvalue weighted by molar-refractivity contribution is 5.93. The summed E-state index contributed by atoms with van der Waals surface area (Å²) >= 11 is 0. The molecule has 0 aromatic heterocycles. The second-order valence-electron chi connectivity index (χ2n) is 3.76. The molecule has 0 bridgehead atoms. The number of carbonyl (C=O) groups is 1. The van der Waals surface area contributed by atoms with Crippen molar-refractivity contribution in [1.82, 2.24) is 5.32 Å². The summed E-state index contributed by atoms with van der Waals surface area (Å²) in [6.45, 7) is 1.66. The van der Waals surface area contributed by atoms with E-state index < -0.39 is 0 Å². The first-order chi connectivity index (χ1) is 6.74. The van der Waals surface area contributed by atoms with Crippen LogP contribution in [0.3, 0.4) is 0 Å². The van der Waals surface area contributed by atoms with Crippen LogP contribution in [0.15, 0.2) is 0 Å². The fraction of sp³-hybridized carbons (Fsp3) is 0.727. The summed E-state index contributed by atoms with van der Waals surface area (Å²) in [6.07, 6.45) is 5.54. The van der Waals surface area contributed by atoms with Crippen molar-refractivity contribution in [3.8, 4) is 11.8 Å². The molecule has 1 aliphatic carbocycles. The summed E-state index contributed by atoms with van der Waals surface area (Å²) in [5.74, 6) is 4.86. The maximum atomic E-state index is 11.2. The fourth-order valence-corrected chi connectivity index (χ4v) is 1.83. The second-order valence-corrected chi connectivity index (χ2v) is 3.76. The van der Waals surface area contributed by atoms with E-state index in [1.54, 1.807) is 6.92 Å². The van der Waals surface area contributed by atoms with Crippen molar-refractivity contribution in [2.75, 3.05) is 0 Å². The van der Waals surface area contributed by atoms with Crippen molar-refractivity contribution in [1.29, 1.82) is 0 Å². The molecular weight excluding hydrogens is 176 g/mol. The molecule has 1 fully saturated rings. The SMILES string of the molecule is CC#CC(=O)NC1CCCCCC1N. The minimum atomic E-state index is -0.199. The number of hydrogen-bond acceptors (Lipinski definition) is 2. The van der Waals surface area contributed by atoms with Gasteiger partial charge in [-0.2, -0.15) is 0 Å². The lowest BCUT2D eigenvalue weighted by atomic mass is 10.0. The Bertz CT molecular complexity index is 252. The van der Waals surface area contributed by atoms with E-state index in [1.165, 1.54) is 12.8 Å². The molecule has 2 unspecified atom stereocenters. The molecule has 0 aliphatic heterocycles. The smallest absolute Gasteiger partial charge is 0.296 e. The average Bonchev–Trinajstić information content (AvgIpc) is 2.33. The zero-order chi connectivity index (χ0) is 10.4. The van der Waals surface area contributed by atoms with Gasteiger partial charge >= 0.3 is 0 Å². The Balaban J connectivity index is 2.46. The molecule has 0 heterocycles. The van der Waals surface area contributed by atoms with Crippen LogP contribution in [0.25, 0.3) is 0 Å². The quantitative estimate of drug-likeness (QED) is 0.479. The topological polar surface area (TPSA) is 55.1 Å². The van der Waals surface area contributed by atoms with Crippen molar-refractivity contribution >= 4 is 5.91 Å². The molecule has 3 heteroatoms. The van der Waals surface area contributed by atoms with Gasteiger partial charge in [-0.05, 0) is 25.7 Å². The van der Waals surface area contributed by atoms with E-state index in [1.807, 2.05) is 0 Å². The lowest BCUT2D eigenvalue weighted by Gasteiger charge is -2.21. The lowest BCUT2D eigenvalue weighted by Crippen LogP contribution is -2.46. The first-order valence-corrected chi connectivity index (χ1v) is 5.23. The third kappa shape index (κ3) is 3.39. The van der Waals surface area contributed by atoms with Crippen LogP contribution in [-0.2, 0) is 4.79 Å². The van der Waals surface area contributed by atoms with Crippen LogP contribution in [0.5, 0.6) is 0 Å². The normalized spacial score (nSPS) is 27.0. The Morgan fingerprint density at radius 2 is 2.07 bits per heavy atom. The molecule has 1 saturated carbocycles. The molecule has 0 spiro atoms. The molecule has 0 aromatic rings. The summed E-state index contributed by atoms with van der Waals surface area (Å²) in [5, 5.41) is 2.87. The molecule has 3 N–H and O–H groups in total. The van der Waals surface area contributed by atoms with Crippen molar-refractivity contribution in [3.05, 3.63) is 0 Å². The summed E-state index contributed by atoms with van der Waals surface area (Å²) in [5.41, 5.74) is 5.96. The van der Waals surface area contributed by atoms with E-state index >= 15 is 0 Å². The molecule has 1 rings (SSSR count). The van der Waals surface area contributed by atoms with Crippen molar-refractivity contribution in [3.63, 3.8) is 0 Å². The molecule has 0 radical (unpaired) electrons. The van der Waals surface area contributed by atoms with E-state index in [9.17, 15) is 4.79 Å². The van der Waals surface area contributed by atoms with Crippen LogP contribution in [0.4, 0.5) is 0 Å². The van der Waals surface area contributed by atoms with E-state index in [0.717, 1.165) is 19.3 Å². The minimum Gasteiger partial charge on any atom is -0.341 e. The van der Waals surface area contributed by atoms with Gasteiger partial charge in [0.1, 0.15) is 0 Å². The summed E-state index contributed by atoms with van der Waals surface area (Å²) < 4.78 is 0. The zero-order valence-electron chi connectivity index (χ0n) is 8.68. The van der Waals surface area contributed by atoms with Gasteiger partial charge in [0.25, 0.3) is 5.91 Å². The van der Waals surface area contributed by atoms with Crippen molar-refractivity contribution < 1.29 is 4.79 Å². The molecule has 14 heavy (non-hydrogen) atoms. The Morgan fingerprint density at radius 3 is 2.79 bits per heavy atom. The van der Waals surface area contributed by atoms with Gasteiger partial charge in [-0.1, -0.05) is 25.2 Å². The van der Waals surface area contributed by atoms with Gasteiger partial charge in [0.05, 0.1) is 0 Å². The molecule has 2 atom stereocenters. The summed E-state index contributed by atoms with van der Waals surface area (Å²) in [7, 11) is 0. The lowest BCUT2D eigenvalue weighted by molar-refractivity contribution is -0.116. The Labute approximate surface area is 85.4 Å². The van der Waals surface area contributed by atoms with Gasteiger partial charge in [-0.15, -0.1) is 0 Å². The van der Waals surface area contributed by atoms with Gasteiger partial charge < -0.3 is 11.1 Å². The van der Waals surface area contributed by atoms with Crippen LogP contribution in [0, 0.1) is 11.8 Å². The maximum Gasteiger partial charge on any atom is 0.296 e. The van der Waals surface area contributed by atoms with Crippen LogP contribution in [0.2, 0.25) is 0 Å². The maximum absolute atomic E-state index is 11.2. The predicted octanol–water partition coefficient (Wildman–Crippen LogP) is 0.786. The van der Waals surface area contributed by atoms with Crippen LogP contribution in [-0.4, -0.2) is 18.0 Å². The van der Waals surface area contributed by atoms with E-state index in [0.29, 0.717) is 0 Å². The monoisotopic (exact) mass is 194 g/mol. The molecule has 0 saturated heterocycles. The number of nitrogens with one attached hydrogen (secondary N) is 1. The van der Waals surface area contributed by atoms with Crippen LogP contribution in [0.1, 0.15) is 39.0 Å². The van der Waals surface area contributed by atoms with Gasteiger partial charge in [-0.3, -0.25) is 4.79 Å².